The van der Waals surface area contributed by atoms with Crippen LogP contribution in [0.2, 0.25) is 0 Å². The molecule has 1 fully saturated rings. The van der Waals surface area contributed by atoms with Crippen molar-refractivity contribution in [1.29, 1.82) is 0 Å². The van der Waals surface area contributed by atoms with Gasteiger partial charge >= 0.3 is 5.97 Å². The molecule has 1 N–H and O–H groups in total. The summed E-state index contributed by atoms with van der Waals surface area (Å²) in [5, 5.41) is 9.10. The number of rotatable bonds is 6. The van der Waals surface area contributed by atoms with Crippen molar-refractivity contribution in [2.45, 2.75) is 12.8 Å². The third kappa shape index (κ3) is 3.76. The summed E-state index contributed by atoms with van der Waals surface area (Å²) in [7, 11) is 3.06. The number of Topliss-reactive ketones (excluding diaryl/α,β-unsaturated/α-hetero) is 1. The first kappa shape index (κ1) is 16.3. The molecular weight excluding hydrogens is 286 g/mol. The van der Waals surface area contributed by atoms with E-state index in [0.29, 0.717) is 30.0 Å². The zero-order valence-corrected chi connectivity index (χ0v) is 12.9. The summed E-state index contributed by atoms with van der Waals surface area (Å²) >= 11 is 0. The zero-order chi connectivity index (χ0) is 16.1. The van der Waals surface area contributed by atoms with Crippen molar-refractivity contribution in [2.75, 3.05) is 33.9 Å². The molecule has 0 bridgehead atoms. The lowest BCUT2D eigenvalue weighted by atomic mass is 9.97. The number of ether oxygens (including phenoxy) is 2. The molecule has 0 aromatic heterocycles. The number of carbonyl (C=O) groups is 2. The Hall–Kier alpha value is -2.08. The fourth-order valence-corrected chi connectivity index (χ4v) is 2.72. The lowest BCUT2D eigenvalue weighted by molar-refractivity contribution is -0.143. The molecule has 2 rings (SSSR count). The average molecular weight is 307 g/mol. The molecule has 120 valence electrons. The van der Waals surface area contributed by atoms with E-state index in [0.717, 1.165) is 13.0 Å². The Morgan fingerprint density at radius 1 is 1.32 bits per heavy atom. The van der Waals surface area contributed by atoms with Crippen LogP contribution in [0, 0.1) is 5.92 Å². The van der Waals surface area contributed by atoms with Crippen molar-refractivity contribution >= 4 is 11.8 Å². The largest absolute Gasteiger partial charge is 0.497 e. The van der Waals surface area contributed by atoms with Crippen molar-refractivity contribution in [1.82, 2.24) is 4.90 Å². The first-order valence-corrected chi connectivity index (χ1v) is 7.25. The third-order valence-corrected chi connectivity index (χ3v) is 3.93. The highest BCUT2D eigenvalue weighted by molar-refractivity contribution is 6.00. The van der Waals surface area contributed by atoms with Crippen molar-refractivity contribution in [3.8, 4) is 11.5 Å². The summed E-state index contributed by atoms with van der Waals surface area (Å²) in [6, 6.07) is 5.06. The summed E-state index contributed by atoms with van der Waals surface area (Å²) in [4.78, 5) is 25.4. The van der Waals surface area contributed by atoms with E-state index in [9.17, 15) is 9.59 Å². The number of carboxylic acids is 1. The van der Waals surface area contributed by atoms with Crippen LogP contribution < -0.4 is 9.47 Å². The van der Waals surface area contributed by atoms with Gasteiger partial charge in [-0.2, -0.15) is 0 Å². The van der Waals surface area contributed by atoms with E-state index in [2.05, 4.69) is 0 Å². The van der Waals surface area contributed by atoms with Crippen molar-refractivity contribution in [2.24, 2.45) is 5.92 Å². The van der Waals surface area contributed by atoms with Crippen LogP contribution in [0.25, 0.3) is 0 Å². The predicted molar refractivity (Wildman–Crippen MR) is 80.7 cm³/mol. The number of aliphatic carboxylic acids is 1. The number of carboxylic acid groups (broad SMARTS) is 1. The van der Waals surface area contributed by atoms with Crippen molar-refractivity contribution in [3.63, 3.8) is 0 Å². The van der Waals surface area contributed by atoms with Gasteiger partial charge in [0, 0.05) is 12.6 Å². The molecule has 1 aliphatic rings. The maximum Gasteiger partial charge on any atom is 0.307 e. The summed E-state index contributed by atoms with van der Waals surface area (Å²) in [6.45, 7) is 1.36. The van der Waals surface area contributed by atoms with Crippen LogP contribution in [-0.2, 0) is 4.79 Å². The van der Waals surface area contributed by atoms with Crippen LogP contribution in [0.15, 0.2) is 18.2 Å². The molecule has 1 unspecified atom stereocenters. The molecule has 22 heavy (non-hydrogen) atoms. The standard InChI is InChI=1S/C16H21NO5/c1-21-12-5-6-13(15(8-12)22-2)14(18)10-17-7-3-4-11(9-17)16(19)20/h5-6,8,11H,3-4,7,9-10H2,1-2H3,(H,19,20). The van der Waals surface area contributed by atoms with Crippen LogP contribution in [-0.4, -0.2) is 55.6 Å². The topological polar surface area (TPSA) is 76.1 Å². The number of hydrogen-bond acceptors (Lipinski definition) is 5. The Bertz CT molecular complexity index is 557. The second-order valence-corrected chi connectivity index (χ2v) is 5.40. The molecule has 0 amide bonds. The minimum absolute atomic E-state index is 0.0782. The van der Waals surface area contributed by atoms with Gasteiger partial charge in [0.05, 0.1) is 32.2 Å². The fourth-order valence-electron chi connectivity index (χ4n) is 2.72. The molecule has 0 radical (unpaired) electrons. The van der Waals surface area contributed by atoms with E-state index >= 15 is 0 Å². The number of methoxy groups -OCH3 is 2. The molecule has 0 spiro atoms. The van der Waals surface area contributed by atoms with Gasteiger partial charge in [0.1, 0.15) is 11.5 Å². The molecule has 1 heterocycles. The minimum atomic E-state index is -0.792. The molecular formula is C16H21NO5. The highest BCUT2D eigenvalue weighted by atomic mass is 16.5. The van der Waals surface area contributed by atoms with Gasteiger partial charge in [-0.3, -0.25) is 14.5 Å². The minimum Gasteiger partial charge on any atom is -0.497 e. The number of nitrogens with zero attached hydrogens (tertiary/aromatic N) is 1. The average Bonchev–Trinajstić information content (AvgIpc) is 2.54. The van der Waals surface area contributed by atoms with E-state index in [-0.39, 0.29) is 18.2 Å². The van der Waals surface area contributed by atoms with Gasteiger partial charge < -0.3 is 14.6 Å². The van der Waals surface area contributed by atoms with Crippen molar-refractivity contribution < 1.29 is 24.2 Å². The van der Waals surface area contributed by atoms with E-state index in [1.807, 2.05) is 4.90 Å². The van der Waals surface area contributed by atoms with E-state index in [4.69, 9.17) is 14.6 Å². The first-order chi connectivity index (χ1) is 10.5. The van der Waals surface area contributed by atoms with Crippen LogP contribution in [0.5, 0.6) is 11.5 Å². The Kier molecular flexibility index (Phi) is 5.38. The number of benzene rings is 1. The van der Waals surface area contributed by atoms with Crippen LogP contribution >= 0.6 is 0 Å². The third-order valence-electron chi connectivity index (χ3n) is 3.93. The monoisotopic (exact) mass is 307 g/mol. The lowest BCUT2D eigenvalue weighted by Gasteiger charge is -2.30. The maximum atomic E-state index is 12.5. The number of piperidine rings is 1. The highest BCUT2D eigenvalue weighted by Crippen LogP contribution is 2.25. The molecule has 1 saturated heterocycles. The summed E-state index contributed by atoms with van der Waals surface area (Å²) in [6.07, 6.45) is 1.47. The molecule has 1 aromatic carbocycles. The van der Waals surface area contributed by atoms with Gasteiger partial charge in [-0.05, 0) is 31.5 Å². The maximum absolute atomic E-state index is 12.5. The van der Waals surface area contributed by atoms with Gasteiger partial charge in [0.2, 0.25) is 0 Å². The fraction of sp³-hybridized carbons (Fsp3) is 0.500. The van der Waals surface area contributed by atoms with E-state index < -0.39 is 5.97 Å². The lowest BCUT2D eigenvalue weighted by Crippen LogP contribution is -2.41. The molecule has 6 nitrogen and oxygen atoms in total. The van der Waals surface area contributed by atoms with Gasteiger partial charge in [-0.25, -0.2) is 0 Å². The Morgan fingerprint density at radius 2 is 2.09 bits per heavy atom. The number of hydrogen-bond donors (Lipinski definition) is 1. The van der Waals surface area contributed by atoms with Gasteiger partial charge in [-0.1, -0.05) is 0 Å². The molecule has 1 aliphatic heterocycles. The van der Waals surface area contributed by atoms with Gasteiger partial charge in [-0.15, -0.1) is 0 Å². The number of ketones is 1. The molecule has 6 heteroatoms. The second-order valence-electron chi connectivity index (χ2n) is 5.40. The van der Waals surface area contributed by atoms with E-state index in [1.54, 1.807) is 25.3 Å². The van der Waals surface area contributed by atoms with Crippen LogP contribution in [0.1, 0.15) is 23.2 Å². The van der Waals surface area contributed by atoms with Crippen LogP contribution in [0.4, 0.5) is 0 Å². The second kappa shape index (κ2) is 7.26. The zero-order valence-electron chi connectivity index (χ0n) is 12.9. The Morgan fingerprint density at radius 3 is 2.73 bits per heavy atom. The SMILES string of the molecule is COc1ccc(C(=O)CN2CCCC(C(=O)O)C2)c(OC)c1. The number of likely N-dealkylation sites (tertiary alicyclic amines) is 1. The Balaban J connectivity index is 2.07. The first-order valence-electron chi connectivity index (χ1n) is 7.25. The normalized spacial score (nSPS) is 18.7. The van der Waals surface area contributed by atoms with Crippen molar-refractivity contribution in [3.05, 3.63) is 23.8 Å². The van der Waals surface area contributed by atoms with Gasteiger partial charge in [0.15, 0.2) is 5.78 Å². The molecule has 1 atom stereocenters. The molecule has 1 aromatic rings. The quantitative estimate of drug-likeness (QED) is 0.806. The predicted octanol–water partition coefficient (Wildman–Crippen LogP) is 1.68. The summed E-state index contributed by atoms with van der Waals surface area (Å²) in [5.41, 5.74) is 0.487. The summed E-state index contributed by atoms with van der Waals surface area (Å²) in [5.74, 6) is -0.169. The van der Waals surface area contributed by atoms with Crippen LogP contribution in [0.3, 0.4) is 0 Å². The molecule has 0 aliphatic carbocycles. The summed E-state index contributed by atoms with van der Waals surface area (Å²) < 4.78 is 10.4. The van der Waals surface area contributed by atoms with Gasteiger partial charge in [0.25, 0.3) is 0 Å². The number of carbonyl (C=O) groups excluding carboxylic acids is 1. The smallest absolute Gasteiger partial charge is 0.307 e. The van der Waals surface area contributed by atoms with E-state index in [1.165, 1.54) is 7.11 Å². The molecule has 0 saturated carbocycles. The Labute approximate surface area is 129 Å². The highest BCUT2D eigenvalue weighted by Gasteiger charge is 2.27.